The first-order chi connectivity index (χ1) is 9.51. The number of aryl methyl sites for hydroxylation is 1. The molecule has 20 heavy (non-hydrogen) atoms. The normalized spacial score (nSPS) is 21.5. The van der Waals surface area contributed by atoms with Crippen molar-refractivity contribution in [3.05, 3.63) is 29.8 Å². The number of benzene rings is 1. The number of epoxide rings is 1. The van der Waals surface area contributed by atoms with Crippen molar-refractivity contribution in [1.82, 2.24) is 0 Å². The third-order valence-corrected chi connectivity index (χ3v) is 4.30. The Hall–Kier alpha value is -1.02. The van der Waals surface area contributed by atoms with Gasteiger partial charge in [0.2, 0.25) is 0 Å². The Bertz CT molecular complexity index is 408. The number of hydrogen-bond acceptors (Lipinski definition) is 2. The minimum absolute atomic E-state index is 0.136. The van der Waals surface area contributed by atoms with Gasteiger partial charge in [0, 0.05) is 0 Å². The van der Waals surface area contributed by atoms with E-state index in [4.69, 9.17) is 9.47 Å². The Kier molecular flexibility index (Phi) is 5.09. The average molecular weight is 276 g/mol. The van der Waals surface area contributed by atoms with E-state index < -0.39 is 0 Å². The molecule has 0 N–H and O–H groups in total. The molecule has 1 aromatic carbocycles. The molecule has 0 amide bonds. The number of hydrogen-bond donors (Lipinski definition) is 0. The highest BCUT2D eigenvalue weighted by Gasteiger charge is 2.46. The first kappa shape index (κ1) is 15.4. The molecule has 2 rings (SSSR count). The van der Waals surface area contributed by atoms with Crippen LogP contribution in [-0.4, -0.2) is 18.3 Å². The molecule has 1 saturated heterocycles. The minimum atomic E-state index is 0.136. The fourth-order valence-electron chi connectivity index (χ4n) is 2.52. The van der Waals surface area contributed by atoms with Crippen molar-refractivity contribution < 1.29 is 9.47 Å². The lowest BCUT2D eigenvalue weighted by Crippen LogP contribution is -2.08. The van der Waals surface area contributed by atoms with E-state index in [1.54, 1.807) is 0 Å². The predicted octanol–water partition coefficient (Wildman–Crippen LogP) is 4.61. The second-order valence-electron chi connectivity index (χ2n) is 6.53. The number of ether oxygens (including phenoxy) is 2. The second kappa shape index (κ2) is 6.62. The lowest BCUT2D eigenvalue weighted by Gasteiger charge is -2.12. The van der Waals surface area contributed by atoms with Crippen LogP contribution < -0.4 is 4.74 Å². The fourth-order valence-corrected chi connectivity index (χ4v) is 2.52. The van der Waals surface area contributed by atoms with Crippen molar-refractivity contribution in [3.63, 3.8) is 0 Å². The van der Waals surface area contributed by atoms with Gasteiger partial charge in [-0.1, -0.05) is 26.0 Å². The number of rotatable bonds is 8. The zero-order valence-corrected chi connectivity index (χ0v) is 13.3. The van der Waals surface area contributed by atoms with Crippen LogP contribution in [0.25, 0.3) is 0 Å². The van der Waals surface area contributed by atoms with Gasteiger partial charge in [-0.25, -0.2) is 0 Å². The highest BCUT2D eigenvalue weighted by atomic mass is 16.6. The maximum atomic E-state index is 5.81. The van der Waals surface area contributed by atoms with Crippen molar-refractivity contribution in [1.29, 1.82) is 0 Å². The molecule has 1 fully saturated rings. The lowest BCUT2D eigenvalue weighted by atomic mass is 9.98. The Morgan fingerprint density at radius 3 is 2.40 bits per heavy atom. The summed E-state index contributed by atoms with van der Waals surface area (Å²) in [6, 6.07) is 8.44. The molecule has 0 aliphatic carbocycles. The van der Waals surface area contributed by atoms with Crippen LogP contribution in [0.2, 0.25) is 0 Å². The first-order valence-corrected chi connectivity index (χ1v) is 7.91. The predicted molar refractivity (Wildman–Crippen MR) is 83.3 cm³/mol. The van der Waals surface area contributed by atoms with Crippen LogP contribution in [0.4, 0.5) is 0 Å². The van der Waals surface area contributed by atoms with Gasteiger partial charge in [0.15, 0.2) is 0 Å². The van der Waals surface area contributed by atoms with Gasteiger partial charge in [0.05, 0.1) is 18.3 Å². The van der Waals surface area contributed by atoms with E-state index >= 15 is 0 Å². The molecule has 1 aromatic rings. The molecule has 0 spiro atoms. The van der Waals surface area contributed by atoms with Crippen molar-refractivity contribution in [2.45, 2.75) is 65.1 Å². The largest absolute Gasteiger partial charge is 0.494 e. The van der Waals surface area contributed by atoms with Crippen molar-refractivity contribution in [2.24, 2.45) is 5.92 Å². The topological polar surface area (TPSA) is 21.8 Å². The van der Waals surface area contributed by atoms with Crippen LogP contribution in [-0.2, 0) is 11.2 Å². The highest BCUT2D eigenvalue weighted by molar-refractivity contribution is 5.27. The maximum absolute atomic E-state index is 5.81. The maximum Gasteiger partial charge on any atom is 0.119 e. The van der Waals surface area contributed by atoms with Gasteiger partial charge in [-0.3, -0.25) is 0 Å². The molecule has 0 aromatic heterocycles. The van der Waals surface area contributed by atoms with Crippen molar-refractivity contribution >= 4 is 0 Å². The van der Waals surface area contributed by atoms with Crippen molar-refractivity contribution in [3.8, 4) is 5.75 Å². The average Bonchev–Trinajstić information content (AvgIpc) is 3.05. The van der Waals surface area contributed by atoms with Gasteiger partial charge in [-0.2, -0.15) is 0 Å². The van der Waals surface area contributed by atoms with E-state index in [9.17, 15) is 0 Å². The summed E-state index contributed by atoms with van der Waals surface area (Å²) < 4.78 is 11.4. The van der Waals surface area contributed by atoms with Crippen LogP contribution in [0.5, 0.6) is 5.75 Å². The molecule has 0 bridgehead atoms. The molecule has 0 saturated carbocycles. The van der Waals surface area contributed by atoms with Crippen molar-refractivity contribution in [2.75, 3.05) is 6.61 Å². The van der Waals surface area contributed by atoms with Crippen LogP contribution in [0.1, 0.15) is 52.5 Å². The van der Waals surface area contributed by atoms with Gasteiger partial charge in [0.1, 0.15) is 5.75 Å². The molecule has 2 unspecified atom stereocenters. The summed E-state index contributed by atoms with van der Waals surface area (Å²) in [5.74, 6) is 1.69. The quantitative estimate of drug-likeness (QED) is 0.647. The van der Waals surface area contributed by atoms with E-state index in [1.165, 1.54) is 18.4 Å². The minimum Gasteiger partial charge on any atom is -0.494 e. The molecular weight excluding hydrogens is 248 g/mol. The highest BCUT2D eigenvalue weighted by Crippen LogP contribution is 2.39. The van der Waals surface area contributed by atoms with E-state index in [2.05, 4.69) is 52.0 Å². The summed E-state index contributed by atoms with van der Waals surface area (Å²) in [7, 11) is 0. The Labute approximate surface area is 123 Å². The van der Waals surface area contributed by atoms with E-state index in [-0.39, 0.29) is 5.60 Å². The van der Waals surface area contributed by atoms with E-state index in [1.807, 2.05) is 0 Å². The molecule has 2 nitrogen and oxygen atoms in total. The van der Waals surface area contributed by atoms with E-state index in [0.717, 1.165) is 25.2 Å². The van der Waals surface area contributed by atoms with Crippen LogP contribution in [0.3, 0.4) is 0 Å². The van der Waals surface area contributed by atoms with Crippen LogP contribution >= 0.6 is 0 Å². The lowest BCUT2D eigenvalue weighted by molar-refractivity contribution is 0.271. The standard InChI is InChI=1S/C18H28O2/c1-5-15-7-9-16(10-8-15)19-13-12-14(2)6-11-17-18(3,4)20-17/h7-10,14,17H,5-6,11-13H2,1-4H3. The molecule has 2 heteroatoms. The summed E-state index contributed by atoms with van der Waals surface area (Å²) in [5.41, 5.74) is 1.50. The van der Waals surface area contributed by atoms with Gasteiger partial charge in [-0.15, -0.1) is 0 Å². The second-order valence-corrected chi connectivity index (χ2v) is 6.53. The summed E-state index contributed by atoms with van der Waals surface area (Å²) in [4.78, 5) is 0. The van der Waals surface area contributed by atoms with Gasteiger partial charge in [-0.05, 0) is 63.1 Å². The Morgan fingerprint density at radius 2 is 1.85 bits per heavy atom. The molecule has 0 radical (unpaired) electrons. The first-order valence-electron chi connectivity index (χ1n) is 7.91. The van der Waals surface area contributed by atoms with Gasteiger partial charge >= 0.3 is 0 Å². The zero-order chi connectivity index (χ0) is 14.6. The summed E-state index contributed by atoms with van der Waals surface area (Å²) in [6.45, 7) is 9.62. The SMILES string of the molecule is CCc1ccc(OCCC(C)CCC2OC2(C)C)cc1. The van der Waals surface area contributed by atoms with Gasteiger partial charge < -0.3 is 9.47 Å². The molecular formula is C18H28O2. The summed E-state index contributed by atoms with van der Waals surface area (Å²) >= 11 is 0. The van der Waals surface area contributed by atoms with Gasteiger partial charge in [0.25, 0.3) is 0 Å². The summed E-state index contributed by atoms with van der Waals surface area (Å²) in [5, 5.41) is 0. The molecule has 1 heterocycles. The fraction of sp³-hybridized carbons (Fsp3) is 0.667. The van der Waals surface area contributed by atoms with Crippen LogP contribution in [0.15, 0.2) is 24.3 Å². The summed E-state index contributed by atoms with van der Waals surface area (Å²) in [6.07, 6.45) is 5.08. The smallest absolute Gasteiger partial charge is 0.119 e. The molecule has 112 valence electrons. The monoisotopic (exact) mass is 276 g/mol. The zero-order valence-electron chi connectivity index (χ0n) is 13.3. The Balaban J connectivity index is 1.60. The van der Waals surface area contributed by atoms with E-state index in [0.29, 0.717) is 12.0 Å². The Morgan fingerprint density at radius 1 is 1.20 bits per heavy atom. The van der Waals surface area contributed by atoms with Crippen LogP contribution in [0, 0.1) is 5.92 Å². The third-order valence-electron chi connectivity index (χ3n) is 4.30. The molecule has 1 aliphatic rings. The molecule has 1 aliphatic heterocycles. The third kappa shape index (κ3) is 4.52. The molecule has 2 atom stereocenters.